The van der Waals surface area contributed by atoms with Gasteiger partial charge in [0.1, 0.15) is 0 Å². The Labute approximate surface area is 59.2 Å². The number of rotatable bonds is 4. The second kappa shape index (κ2) is 5.11. The van der Waals surface area contributed by atoms with Gasteiger partial charge < -0.3 is 10.2 Å². The van der Waals surface area contributed by atoms with E-state index in [-0.39, 0.29) is 6.42 Å². The molecule has 0 aliphatic carbocycles. The van der Waals surface area contributed by atoms with Gasteiger partial charge in [-0.3, -0.25) is 0 Å². The van der Waals surface area contributed by atoms with E-state index < -0.39 is 12.3 Å². The van der Waals surface area contributed by atoms with Crippen molar-refractivity contribution in [3.63, 3.8) is 0 Å². The number of isocyanates is 1. The van der Waals surface area contributed by atoms with Crippen molar-refractivity contribution >= 4 is 6.08 Å². The van der Waals surface area contributed by atoms with Crippen LogP contribution in [-0.2, 0) is 4.79 Å². The third-order valence-corrected chi connectivity index (χ3v) is 1.16. The lowest BCUT2D eigenvalue weighted by molar-refractivity contribution is 0.0834. The first-order valence-corrected chi connectivity index (χ1v) is 3.13. The predicted molar refractivity (Wildman–Crippen MR) is 35.0 cm³/mol. The molecule has 0 bridgehead atoms. The van der Waals surface area contributed by atoms with Gasteiger partial charge in [-0.25, -0.2) is 4.79 Å². The van der Waals surface area contributed by atoms with E-state index in [4.69, 9.17) is 10.2 Å². The summed E-state index contributed by atoms with van der Waals surface area (Å²) in [5.74, 6) is 0. The van der Waals surface area contributed by atoms with Crippen molar-refractivity contribution in [2.24, 2.45) is 4.99 Å². The second-order valence-electron chi connectivity index (χ2n) is 2.00. The topological polar surface area (TPSA) is 69.9 Å². The van der Waals surface area contributed by atoms with Gasteiger partial charge in [0.2, 0.25) is 6.08 Å². The minimum absolute atomic E-state index is 0.103. The van der Waals surface area contributed by atoms with Crippen LogP contribution in [0.2, 0.25) is 0 Å². The van der Waals surface area contributed by atoms with E-state index in [9.17, 15) is 4.79 Å². The van der Waals surface area contributed by atoms with Gasteiger partial charge in [-0.15, -0.1) is 0 Å². The van der Waals surface area contributed by atoms with Gasteiger partial charge in [0, 0.05) is 6.42 Å². The van der Waals surface area contributed by atoms with Crippen LogP contribution in [0.4, 0.5) is 0 Å². The quantitative estimate of drug-likeness (QED) is 0.425. The zero-order valence-corrected chi connectivity index (χ0v) is 5.82. The Morgan fingerprint density at radius 1 is 1.60 bits per heavy atom. The summed E-state index contributed by atoms with van der Waals surface area (Å²) in [6.45, 7) is 1.78. The Morgan fingerprint density at radius 3 is 2.60 bits per heavy atom. The normalized spacial score (nSPS) is 15.5. The minimum Gasteiger partial charge on any atom is -0.393 e. The Balaban J connectivity index is 3.56. The molecule has 0 aliphatic rings. The van der Waals surface area contributed by atoms with E-state index in [1.807, 2.05) is 0 Å². The summed E-state index contributed by atoms with van der Waals surface area (Å²) in [5.41, 5.74) is 0. The fraction of sp³-hybridized carbons (Fsp3) is 0.833. The Hall–Kier alpha value is -0.700. The summed E-state index contributed by atoms with van der Waals surface area (Å²) in [6.07, 6.45) is 0.166. The van der Waals surface area contributed by atoms with E-state index in [1.54, 1.807) is 6.92 Å². The van der Waals surface area contributed by atoms with Crippen LogP contribution in [0.3, 0.4) is 0 Å². The van der Waals surface area contributed by atoms with Gasteiger partial charge >= 0.3 is 0 Å². The molecule has 4 nitrogen and oxygen atoms in total. The monoisotopic (exact) mass is 145 g/mol. The zero-order chi connectivity index (χ0) is 7.98. The van der Waals surface area contributed by atoms with Crippen LogP contribution >= 0.6 is 0 Å². The molecule has 2 atom stereocenters. The van der Waals surface area contributed by atoms with E-state index in [2.05, 4.69) is 4.99 Å². The zero-order valence-electron chi connectivity index (χ0n) is 5.82. The molecule has 2 unspecified atom stereocenters. The number of carbonyl (C=O) groups excluding carboxylic acids is 1. The van der Waals surface area contributed by atoms with Gasteiger partial charge in [0.25, 0.3) is 0 Å². The van der Waals surface area contributed by atoms with Crippen LogP contribution in [0.25, 0.3) is 0 Å². The van der Waals surface area contributed by atoms with Gasteiger partial charge in [0.15, 0.2) is 6.23 Å². The lowest BCUT2D eigenvalue weighted by atomic mass is 10.2. The maximum absolute atomic E-state index is 9.55. The van der Waals surface area contributed by atoms with Gasteiger partial charge in [-0.05, 0) is 6.42 Å². The minimum atomic E-state index is -1.10. The predicted octanol–water partition coefficient (Wildman–Crippen LogP) is -0.198. The van der Waals surface area contributed by atoms with Crippen LogP contribution < -0.4 is 0 Å². The Morgan fingerprint density at radius 2 is 2.20 bits per heavy atom. The third kappa shape index (κ3) is 4.21. The van der Waals surface area contributed by atoms with Crippen LogP contribution in [0.1, 0.15) is 19.8 Å². The van der Waals surface area contributed by atoms with Crippen LogP contribution in [0, 0.1) is 0 Å². The van der Waals surface area contributed by atoms with E-state index in [1.165, 1.54) is 6.08 Å². The third-order valence-electron chi connectivity index (χ3n) is 1.16. The first kappa shape index (κ1) is 9.30. The summed E-state index contributed by atoms with van der Waals surface area (Å²) in [5, 5.41) is 17.7. The average molecular weight is 145 g/mol. The van der Waals surface area contributed by atoms with Crippen molar-refractivity contribution in [2.75, 3.05) is 0 Å². The molecule has 0 saturated heterocycles. The first-order valence-electron chi connectivity index (χ1n) is 3.13. The summed E-state index contributed by atoms with van der Waals surface area (Å²) < 4.78 is 0. The molecule has 0 amide bonds. The van der Waals surface area contributed by atoms with E-state index in [0.717, 1.165) is 0 Å². The Bertz CT molecular complexity index is 131. The number of aliphatic hydroxyl groups is 2. The van der Waals surface area contributed by atoms with E-state index >= 15 is 0 Å². The molecule has 10 heavy (non-hydrogen) atoms. The Kier molecular flexibility index (Phi) is 4.76. The van der Waals surface area contributed by atoms with Crippen molar-refractivity contribution in [3.8, 4) is 0 Å². The highest BCUT2D eigenvalue weighted by Gasteiger charge is 2.07. The first-order chi connectivity index (χ1) is 4.70. The van der Waals surface area contributed by atoms with Crippen molar-refractivity contribution in [1.29, 1.82) is 0 Å². The molecule has 58 valence electrons. The fourth-order valence-electron chi connectivity index (χ4n) is 0.524. The highest BCUT2D eigenvalue weighted by atomic mass is 16.3. The molecule has 0 heterocycles. The van der Waals surface area contributed by atoms with Crippen LogP contribution in [0.5, 0.6) is 0 Å². The molecular weight excluding hydrogens is 134 g/mol. The highest BCUT2D eigenvalue weighted by Crippen LogP contribution is 2.01. The molecule has 0 aromatic heterocycles. The number of nitrogens with zero attached hydrogens (tertiary/aromatic N) is 1. The average Bonchev–Trinajstić information content (AvgIpc) is 1.88. The molecule has 0 fully saturated rings. The fourth-order valence-corrected chi connectivity index (χ4v) is 0.524. The van der Waals surface area contributed by atoms with Crippen molar-refractivity contribution < 1.29 is 15.0 Å². The molecular formula is C6H11NO3. The summed E-state index contributed by atoms with van der Waals surface area (Å²) >= 11 is 0. The maximum atomic E-state index is 9.55. The summed E-state index contributed by atoms with van der Waals surface area (Å²) in [6, 6.07) is 0. The molecule has 0 rings (SSSR count). The highest BCUT2D eigenvalue weighted by molar-refractivity contribution is 5.33. The SMILES string of the molecule is CCC(O)CC(O)N=C=O. The standard InChI is InChI=1S/C6H11NO3/c1-2-5(9)3-6(10)7-4-8/h5-6,9-10H,2-3H2,1H3. The molecule has 0 aliphatic heterocycles. The smallest absolute Gasteiger partial charge is 0.237 e. The van der Waals surface area contributed by atoms with Crippen molar-refractivity contribution in [2.45, 2.75) is 32.1 Å². The molecule has 4 heteroatoms. The van der Waals surface area contributed by atoms with Gasteiger partial charge in [-0.2, -0.15) is 4.99 Å². The lowest BCUT2D eigenvalue weighted by Gasteiger charge is -2.07. The van der Waals surface area contributed by atoms with Crippen LogP contribution in [0.15, 0.2) is 4.99 Å². The van der Waals surface area contributed by atoms with Crippen molar-refractivity contribution in [1.82, 2.24) is 0 Å². The van der Waals surface area contributed by atoms with Gasteiger partial charge in [-0.1, -0.05) is 6.92 Å². The summed E-state index contributed by atoms with van der Waals surface area (Å²) in [7, 11) is 0. The van der Waals surface area contributed by atoms with Crippen molar-refractivity contribution in [3.05, 3.63) is 0 Å². The molecule has 2 N–H and O–H groups in total. The molecule has 0 radical (unpaired) electrons. The number of hydrogen-bond acceptors (Lipinski definition) is 4. The molecule has 0 spiro atoms. The molecule has 0 aromatic carbocycles. The largest absolute Gasteiger partial charge is 0.393 e. The maximum Gasteiger partial charge on any atom is 0.237 e. The molecule has 0 aromatic rings. The summed E-state index contributed by atoms with van der Waals surface area (Å²) in [4.78, 5) is 12.6. The number of aliphatic imine (C=N–C) groups is 1. The number of aliphatic hydroxyl groups excluding tert-OH is 2. The number of hydrogen-bond donors (Lipinski definition) is 2. The van der Waals surface area contributed by atoms with E-state index in [0.29, 0.717) is 6.42 Å². The van der Waals surface area contributed by atoms with Crippen LogP contribution in [-0.4, -0.2) is 28.6 Å². The lowest BCUT2D eigenvalue weighted by Crippen LogP contribution is -2.14. The van der Waals surface area contributed by atoms with Gasteiger partial charge in [0.05, 0.1) is 6.10 Å². The molecule has 0 saturated carbocycles. The second-order valence-corrected chi connectivity index (χ2v) is 2.00.